The standard InChI is InChI=1S/C25H21N3O2/c29-24(27-17-18-6-5-13-26-16-18)12-11-19-7-1-2-8-20(19)14-22-15-21-9-3-4-10-23(21)28-25(22)30/h1-14,16H,15,17H2,(H,27,29)(H,28,30)/b12-11+,22-14?. The van der Waals surface area contributed by atoms with Gasteiger partial charge in [0.25, 0.3) is 5.91 Å². The summed E-state index contributed by atoms with van der Waals surface area (Å²) in [4.78, 5) is 28.7. The Labute approximate surface area is 175 Å². The van der Waals surface area contributed by atoms with Gasteiger partial charge in [-0.3, -0.25) is 14.6 Å². The summed E-state index contributed by atoms with van der Waals surface area (Å²) in [6.45, 7) is 0.419. The van der Waals surface area contributed by atoms with E-state index >= 15 is 0 Å². The van der Waals surface area contributed by atoms with Crippen molar-refractivity contribution in [3.05, 3.63) is 107 Å². The lowest BCUT2D eigenvalue weighted by Crippen LogP contribution is -2.22. The molecule has 2 heterocycles. The summed E-state index contributed by atoms with van der Waals surface area (Å²) < 4.78 is 0. The fourth-order valence-corrected chi connectivity index (χ4v) is 3.30. The van der Waals surface area contributed by atoms with Gasteiger partial charge in [-0.15, -0.1) is 0 Å². The number of carbonyl (C=O) groups is 2. The highest BCUT2D eigenvalue weighted by Crippen LogP contribution is 2.26. The molecule has 2 N–H and O–H groups in total. The van der Waals surface area contributed by atoms with Crippen LogP contribution in [0.15, 0.2) is 84.7 Å². The Morgan fingerprint density at radius 2 is 1.83 bits per heavy atom. The third-order valence-corrected chi connectivity index (χ3v) is 4.87. The molecule has 0 aliphatic carbocycles. The highest BCUT2D eigenvalue weighted by atomic mass is 16.2. The first-order chi connectivity index (χ1) is 14.7. The van der Waals surface area contributed by atoms with Crippen molar-refractivity contribution in [3.63, 3.8) is 0 Å². The van der Waals surface area contributed by atoms with Gasteiger partial charge in [-0.1, -0.05) is 48.5 Å². The van der Waals surface area contributed by atoms with Crippen LogP contribution < -0.4 is 10.6 Å². The van der Waals surface area contributed by atoms with E-state index in [9.17, 15) is 9.59 Å². The van der Waals surface area contributed by atoms with Crippen molar-refractivity contribution in [2.75, 3.05) is 5.32 Å². The van der Waals surface area contributed by atoms with E-state index < -0.39 is 0 Å². The molecule has 0 unspecified atom stereocenters. The Kier molecular flexibility index (Phi) is 5.80. The number of rotatable bonds is 5. The number of hydrogen-bond donors (Lipinski definition) is 2. The fraction of sp³-hybridized carbons (Fsp3) is 0.0800. The predicted molar refractivity (Wildman–Crippen MR) is 118 cm³/mol. The summed E-state index contributed by atoms with van der Waals surface area (Å²) in [5.74, 6) is -0.285. The predicted octanol–water partition coefficient (Wildman–Crippen LogP) is 3.99. The molecule has 0 fully saturated rings. The zero-order valence-electron chi connectivity index (χ0n) is 16.3. The number of pyridine rings is 1. The zero-order valence-corrected chi connectivity index (χ0v) is 16.3. The Balaban J connectivity index is 1.49. The van der Waals surface area contributed by atoms with E-state index in [-0.39, 0.29) is 11.8 Å². The van der Waals surface area contributed by atoms with Crippen molar-refractivity contribution in [1.82, 2.24) is 10.3 Å². The first kappa shape index (κ1) is 19.3. The van der Waals surface area contributed by atoms with Crippen LogP contribution in [0.3, 0.4) is 0 Å². The van der Waals surface area contributed by atoms with Gasteiger partial charge in [0.2, 0.25) is 5.91 Å². The fourth-order valence-electron chi connectivity index (χ4n) is 3.30. The summed E-state index contributed by atoms with van der Waals surface area (Å²) in [7, 11) is 0. The molecule has 2 amide bonds. The maximum Gasteiger partial charge on any atom is 0.251 e. The molecule has 0 radical (unpaired) electrons. The molecule has 0 atom stereocenters. The van der Waals surface area contributed by atoms with Crippen LogP contribution in [0.4, 0.5) is 5.69 Å². The van der Waals surface area contributed by atoms with Crippen LogP contribution in [-0.2, 0) is 22.6 Å². The Hall–Kier alpha value is -3.99. The number of hydrogen-bond acceptors (Lipinski definition) is 3. The largest absolute Gasteiger partial charge is 0.348 e. The van der Waals surface area contributed by atoms with Crippen LogP contribution in [0.2, 0.25) is 0 Å². The van der Waals surface area contributed by atoms with Crippen molar-refractivity contribution in [2.45, 2.75) is 13.0 Å². The van der Waals surface area contributed by atoms with Crippen LogP contribution in [0.1, 0.15) is 22.3 Å². The Morgan fingerprint density at radius 3 is 2.67 bits per heavy atom. The van der Waals surface area contributed by atoms with Gasteiger partial charge in [-0.2, -0.15) is 0 Å². The van der Waals surface area contributed by atoms with Gasteiger partial charge in [0, 0.05) is 42.7 Å². The molecule has 1 aromatic heterocycles. The number of fused-ring (bicyclic) bond motifs is 1. The first-order valence-corrected chi connectivity index (χ1v) is 9.73. The number of aromatic nitrogens is 1. The lowest BCUT2D eigenvalue weighted by Gasteiger charge is -2.19. The second kappa shape index (κ2) is 9.01. The molecule has 3 aromatic rings. The van der Waals surface area contributed by atoms with Gasteiger partial charge in [0.05, 0.1) is 0 Å². The van der Waals surface area contributed by atoms with E-state index in [0.717, 1.165) is 27.9 Å². The minimum absolute atomic E-state index is 0.0957. The van der Waals surface area contributed by atoms with E-state index in [1.54, 1.807) is 18.5 Å². The van der Waals surface area contributed by atoms with E-state index in [0.29, 0.717) is 18.5 Å². The molecule has 0 saturated heterocycles. The lowest BCUT2D eigenvalue weighted by atomic mass is 9.95. The Bertz CT molecular complexity index is 1130. The summed E-state index contributed by atoms with van der Waals surface area (Å²) in [5, 5.41) is 5.78. The van der Waals surface area contributed by atoms with E-state index in [1.165, 1.54) is 6.08 Å². The second-order valence-corrected chi connectivity index (χ2v) is 7.00. The number of carbonyl (C=O) groups excluding carboxylic acids is 2. The minimum Gasteiger partial charge on any atom is -0.348 e. The van der Waals surface area contributed by atoms with Crippen molar-refractivity contribution in [2.24, 2.45) is 0 Å². The summed E-state index contributed by atoms with van der Waals surface area (Å²) in [6.07, 6.45) is 9.15. The highest BCUT2D eigenvalue weighted by Gasteiger charge is 2.19. The maximum absolute atomic E-state index is 12.5. The van der Waals surface area contributed by atoms with Gasteiger partial charge in [0.15, 0.2) is 0 Å². The van der Waals surface area contributed by atoms with Gasteiger partial charge in [-0.25, -0.2) is 0 Å². The lowest BCUT2D eigenvalue weighted by molar-refractivity contribution is -0.116. The monoisotopic (exact) mass is 395 g/mol. The number of nitrogens with zero attached hydrogens (tertiary/aromatic N) is 1. The molecule has 0 saturated carbocycles. The molecule has 1 aliphatic rings. The molecule has 5 nitrogen and oxygen atoms in total. The number of anilines is 1. The summed E-state index contributed by atoms with van der Waals surface area (Å²) in [5.41, 5.74) is 5.33. The third-order valence-electron chi connectivity index (χ3n) is 4.87. The average molecular weight is 395 g/mol. The van der Waals surface area contributed by atoms with Crippen LogP contribution in [0.25, 0.3) is 12.2 Å². The summed E-state index contributed by atoms with van der Waals surface area (Å²) >= 11 is 0. The van der Waals surface area contributed by atoms with Gasteiger partial charge < -0.3 is 10.6 Å². The molecule has 1 aliphatic heterocycles. The van der Waals surface area contributed by atoms with Crippen molar-refractivity contribution >= 4 is 29.7 Å². The Morgan fingerprint density at radius 1 is 1.03 bits per heavy atom. The molecular weight excluding hydrogens is 374 g/mol. The molecule has 0 spiro atoms. The quantitative estimate of drug-likeness (QED) is 0.642. The van der Waals surface area contributed by atoms with Crippen LogP contribution in [-0.4, -0.2) is 16.8 Å². The van der Waals surface area contributed by atoms with Gasteiger partial charge in [-0.05, 0) is 46.5 Å². The first-order valence-electron chi connectivity index (χ1n) is 9.73. The van der Waals surface area contributed by atoms with E-state index in [2.05, 4.69) is 15.6 Å². The highest BCUT2D eigenvalue weighted by molar-refractivity contribution is 6.09. The SMILES string of the molecule is O=C(/C=C/c1ccccc1C=C1Cc2ccccc2NC1=O)NCc1cccnc1. The zero-order chi connectivity index (χ0) is 20.8. The van der Waals surface area contributed by atoms with Gasteiger partial charge >= 0.3 is 0 Å². The van der Waals surface area contributed by atoms with Crippen molar-refractivity contribution in [1.29, 1.82) is 0 Å². The maximum atomic E-state index is 12.5. The topological polar surface area (TPSA) is 71.1 Å². The molecule has 5 heteroatoms. The number of benzene rings is 2. The van der Waals surface area contributed by atoms with Crippen LogP contribution in [0, 0.1) is 0 Å². The minimum atomic E-state index is -0.189. The van der Waals surface area contributed by atoms with Crippen molar-refractivity contribution in [3.8, 4) is 0 Å². The second-order valence-electron chi connectivity index (χ2n) is 7.00. The third kappa shape index (κ3) is 4.70. The van der Waals surface area contributed by atoms with Gasteiger partial charge in [0.1, 0.15) is 0 Å². The average Bonchev–Trinajstić information content (AvgIpc) is 2.78. The number of amides is 2. The number of nitrogens with one attached hydrogen (secondary N) is 2. The number of para-hydroxylation sites is 1. The van der Waals surface area contributed by atoms with E-state index in [1.807, 2.05) is 66.7 Å². The summed E-state index contributed by atoms with van der Waals surface area (Å²) in [6, 6.07) is 19.2. The van der Waals surface area contributed by atoms with Crippen molar-refractivity contribution < 1.29 is 9.59 Å². The molecule has 148 valence electrons. The van der Waals surface area contributed by atoms with Crippen LogP contribution >= 0.6 is 0 Å². The smallest absolute Gasteiger partial charge is 0.251 e. The molecule has 30 heavy (non-hydrogen) atoms. The molecule has 2 aromatic carbocycles. The van der Waals surface area contributed by atoms with Crippen LogP contribution in [0.5, 0.6) is 0 Å². The normalized spacial score (nSPS) is 14.4. The molecule has 0 bridgehead atoms. The van der Waals surface area contributed by atoms with E-state index in [4.69, 9.17) is 0 Å². The molecular formula is C25H21N3O2. The molecule has 4 rings (SSSR count).